The molecule has 9 heteroatoms. The lowest BCUT2D eigenvalue weighted by Crippen LogP contribution is -2.39. The summed E-state index contributed by atoms with van der Waals surface area (Å²) in [6.07, 6.45) is 7.77. The van der Waals surface area contributed by atoms with E-state index in [1.54, 1.807) is 13.2 Å². The van der Waals surface area contributed by atoms with Crippen molar-refractivity contribution in [3.8, 4) is 5.75 Å². The second kappa shape index (κ2) is 13.1. The molecule has 0 saturated heterocycles. The Morgan fingerprint density at radius 3 is 2.67 bits per heavy atom. The molecule has 1 aliphatic rings. The van der Waals surface area contributed by atoms with Gasteiger partial charge in [0.15, 0.2) is 12.6 Å². The summed E-state index contributed by atoms with van der Waals surface area (Å²) in [5.41, 5.74) is 1.20. The molecule has 0 radical (unpaired) electrons. The summed E-state index contributed by atoms with van der Waals surface area (Å²) in [5.74, 6) is 1.46. The van der Waals surface area contributed by atoms with Crippen LogP contribution in [-0.4, -0.2) is 54.4 Å². The van der Waals surface area contributed by atoms with Gasteiger partial charge in [-0.1, -0.05) is 12.1 Å². The van der Waals surface area contributed by atoms with Gasteiger partial charge in [-0.3, -0.25) is 14.5 Å². The topological polar surface area (TPSA) is 92.6 Å². The highest BCUT2D eigenvalue weighted by Crippen LogP contribution is 2.18. The molecule has 8 nitrogen and oxygen atoms in total. The molecule has 0 spiro atoms. The molecule has 1 fully saturated rings. The predicted molar refractivity (Wildman–Crippen MR) is 128 cm³/mol. The number of carbonyl (C=O) groups excluding carboxylic acids is 1. The van der Waals surface area contributed by atoms with E-state index in [1.165, 1.54) is 5.56 Å². The molecule has 0 unspecified atom stereocenters. The quantitative estimate of drug-likeness (QED) is 0.180. The number of amides is 1. The molecule has 164 valence electrons. The third-order valence-corrected chi connectivity index (χ3v) is 4.58. The molecule has 0 bridgehead atoms. The molecular weight excluding hydrogens is 495 g/mol. The van der Waals surface area contributed by atoms with Crippen molar-refractivity contribution in [2.24, 2.45) is 4.99 Å². The standard InChI is InChI=1S/C21H30N6O2.HI/c1-22-21(23-11-2-14-27-15-3-12-25-27)24-13-10-17-4-8-19(9-5-17)29-16-20(28)26-18-6-7-18;/h3-5,8-9,12,15,18H,2,6-7,10-11,13-14,16H2,1H3,(H,26,28)(H2,22,23,24);1H. The van der Waals surface area contributed by atoms with Gasteiger partial charge in [-0.05, 0) is 49.4 Å². The first-order valence-corrected chi connectivity index (χ1v) is 10.2. The molecule has 0 atom stereocenters. The van der Waals surface area contributed by atoms with Gasteiger partial charge in [0.2, 0.25) is 0 Å². The van der Waals surface area contributed by atoms with Crippen LogP contribution in [0.5, 0.6) is 5.75 Å². The number of hydrogen-bond donors (Lipinski definition) is 3. The summed E-state index contributed by atoms with van der Waals surface area (Å²) in [7, 11) is 1.77. The molecule has 30 heavy (non-hydrogen) atoms. The van der Waals surface area contributed by atoms with Crippen molar-refractivity contribution in [2.45, 2.75) is 38.3 Å². The first kappa shape index (κ1) is 24.0. The van der Waals surface area contributed by atoms with Gasteiger partial charge in [-0.15, -0.1) is 24.0 Å². The van der Waals surface area contributed by atoms with Crippen LogP contribution >= 0.6 is 24.0 Å². The van der Waals surface area contributed by atoms with E-state index in [0.29, 0.717) is 11.8 Å². The zero-order valence-electron chi connectivity index (χ0n) is 17.3. The van der Waals surface area contributed by atoms with E-state index in [-0.39, 0.29) is 36.5 Å². The lowest BCUT2D eigenvalue weighted by Gasteiger charge is -2.12. The van der Waals surface area contributed by atoms with Crippen molar-refractivity contribution in [2.75, 3.05) is 26.7 Å². The largest absolute Gasteiger partial charge is 0.484 e. The number of aryl methyl sites for hydroxylation is 1. The van der Waals surface area contributed by atoms with Crippen molar-refractivity contribution in [3.63, 3.8) is 0 Å². The first-order chi connectivity index (χ1) is 14.2. The number of nitrogens with one attached hydrogen (secondary N) is 3. The maximum atomic E-state index is 11.7. The van der Waals surface area contributed by atoms with Crippen molar-refractivity contribution in [1.29, 1.82) is 0 Å². The van der Waals surface area contributed by atoms with Crippen molar-refractivity contribution in [3.05, 3.63) is 48.3 Å². The Balaban J connectivity index is 0.00000320. The third kappa shape index (κ3) is 9.02. The van der Waals surface area contributed by atoms with Gasteiger partial charge in [0.25, 0.3) is 5.91 Å². The normalized spacial score (nSPS) is 13.3. The molecule has 1 aromatic heterocycles. The zero-order chi connectivity index (χ0) is 20.3. The Bertz CT molecular complexity index is 775. The Labute approximate surface area is 194 Å². The Kier molecular flexibility index (Phi) is 10.5. The number of rotatable bonds is 11. The molecule has 2 aromatic rings. The van der Waals surface area contributed by atoms with Gasteiger partial charge in [0, 0.05) is 45.1 Å². The summed E-state index contributed by atoms with van der Waals surface area (Å²) in [4.78, 5) is 15.9. The van der Waals surface area contributed by atoms with Crippen LogP contribution in [-0.2, 0) is 17.8 Å². The molecular formula is C21H31IN6O2. The van der Waals surface area contributed by atoms with Crippen LogP contribution in [0.15, 0.2) is 47.7 Å². The summed E-state index contributed by atoms with van der Waals surface area (Å²) in [6, 6.07) is 10.2. The van der Waals surface area contributed by atoms with Crippen LogP contribution in [0.2, 0.25) is 0 Å². The molecule has 3 N–H and O–H groups in total. The minimum absolute atomic E-state index is 0. The van der Waals surface area contributed by atoms with Gasteiger partial charge in [0.1, 0.15) is 5.75 Å². The van der Waals surface area contributed by atoms with E-state index in [1.807, 2.05) is 41.2 Å². The lowest BCUT2D eigenvalue weighted by molar-refractivity contribution is -0.123. The van der Waals surface area contributed by atoms with Crippen molar-refractivity contribution in [1.82, 2.24) is 25.7 Å². The van der Waals surface area contributed by atoms with Gasteiger partial charge < -0.3 is 20.7 Å². The van der Waals surface area contributed by atoms with Gasteiger partial charge in [-0.2, -0.15) is 5.10 Å². The van der Waals surface area contributed by atoms with Crippen LogP contribution in [0.3, 0.4) is 0 Å². The number of nitrogens with zero attached hydrogens (tertiary/aromatic N) is 3. The Morgan fingerprint density at radius 1 is 1.23 bits per heavy atom. The molecule has 3 rings (SSSR count). The maximum absolute atomic E-state index is 11.7. The van der Waals surface area contributed by atoms with E-state index in [9.17, 15) is 4.79 Å². The number of aliphatic imine (C=N–C) groups is 1. The van der Waals surface area contributed by atoms with Crippen LogP contribution in [0, 0.1) is 0 Å². The van der Waals surface area contributed by atoms with Gasteiger partial charge in [-0.25, -0.2) is 0 Å². The summed E-state index contributed by atoms with van der Waals surface area (Å²) >= 11 is 0. The van der Waals surface area contributed by atoms with E-state index >= 15 is 0 Å². The fourth-order valence-electron chi connectivity index (χ4n) is 2.82. The first-order valence-electron chi connectivity index (χ1n) is 10.2. The third-order valence-electron chi connectivity index (χ3n) is 4.58. The fraction of sp³-hybridized carbons (Fsp3) is 0.476. The number of ether oxygens (including phenoxy) is 1. The zero-order valence-corrected chi connectivity index (χ0v) is 19.7. The van der Waals surface area contributed by atoms with Gasteiger partial charge >= 0.3 is 0 Å². The van der Waals surface area contributed by atoms with Crippen LogP contribution in [0.25, 0.3) is 0 Å². The predicted octanol–water partition coefficient (Wildman–Crippen LogP) is 1.96. The van der Waals surface area contributed by atoms with E-state index < -0.39 is 0 Å². The Morgan fingerprint density at radius 2 is 2.00 bits per heavy atom. The fourth-order valence-corrected chi connectivity index (χ4v) is 2.82. The van der Waals surface area contributed by atoms with Crippen LogP contribution < -0.4 is 20.7 Å². The highest BCUT2D eigenvalue weighted by Gasteiger charge is 2.23. The minimum atomic E-state index is -0.0516. The SMILES string of the molecule is CN=C(NCCCn1cccn1)NCCc1ccc(OCC(=O)NC2CC2)cc1.I. The van der Waals surface area contributed by atoms with Gasteiger partial charge in [0.05, 0.1) is 0 Å². The highest BCUT2D eigenvalue weighted by atomic mass is 127. The minimum Gasteiger partial charge on any atom is -0.484 e. The van der Waals surface area contributed by atoms with E-state index in [4.69, 9.17) is 4.74 Å². The monoisotopic (exact) mass is 526 g/mol. The average molecular weight is 526 g/mol. The van der Waals surface area contributed by atoms with Crippen molar-refractivity contribution < 1.29 is 9.53 Å². The van der Waals surface area contributed by atoms with E-state index in [2.05, 4.69) is 26.0 Å². The Hall–Kier alpha value is -2.30. The number of benzene rings is 1. The van der Waals surface area contributed by atoms with Crippen LogP contribution in [0.1, 0.15) is 24.8 Å². The molecule has 1 saturated carbocycles. The smallest absolute Gasteiger partial charge is 0.258 e. The summed E-state index contributed by atoms with van der Waals surface area (Å²) < 4.78 is 7.45. The van der Waals surface area contributed by atoms with Crippen molar-refractivity contribution >= 4 is 35.8 Å². The summed E-state index contributed by atoms with van der Waals surface area (Å²) in [5, 5.41) is 13.7. The number of guanidine groups is 1. The van der Waals surface area contributed by atoms with E-state index in [0.717, 1.165) is 51.3 Å². The van der Waals surface area contributed by atoms with Crippen LogP contribution in [0.4, 0.5) is 0 Å². The second-order valence-corrected chi connectivity index (χ2v) is 7.07. The highest BCUT2D eigenvalue weighted by molar-refractivity contribution is 14.0. The number of aromatic nitrogens is 2. The maximum Gasteiger partial charge on any atom is 0.258 e. The molecule has 1 aliphatic carbocycles. The number of halogens is 1. The summed E-state index contributed by atoms with van der Waals surface area (Å²) in [6.45, 7) is 2.57. The second-order valence-electron chi connectivity index (χ2n) is 7.07. The molecule has 1 aromatic carbocycles. The molecule has 1 amide bonds. The molecule has 0 aliphatic heterocycles. The number of hydrogen-bond acceptors (Lipinski definition) is 4. The lowest BCUT2D eigenvalue weighted by atomic mass is 10.1. The number of carbonyl (C=O) groups is 1. The molecule has 1 heterocycles. The average Bonchev–Trinajstić information content (AvgIpc) is 3.39.